The molecule has 8 nitrogen and oxygen atoms in total. The molecule has 0 radical (unpaired) electrons. The van der Waals surface area contributed by atoms with Crippen molar-refractivity contribution in [3.05, 3.63) is 30.3 Å². The van der Waals surface area contributed by atoms with E-state index in [0.717, 1.165) is 5.56 Å². The van der Waals surface area contributed by atoms with Gasteiger partial charge in [0.1, 0.15) is 12.6 Å². The number of rotatable bonds is 4. The van der Waals surface area contributed by atoms with Crippen molar-refractivity contribution >= 4 is 11.9 Å². The van der Waals surface area contributed by atoms with Gasteiger partial charge in [0, 0.05) is 12.1 Å². The van der Waals surface area contributed by atoms with Gasteiger partial charge in [0.25, 0.3) is 0 Å². The van der Waals surface area contributed by atoms with Crippen molar-refractivity contribution in [1.82, 2.24) is 25.1 Å². The average molecular weight is 301 g/mol. The second-order valence-corrected chi connectivity index (χ2v) is 5.09. The number of carboxylic acid groups (broad SMARTS) is 1. The van der Waals surface area contributed by atoms with Gasteiger partial charge >= 0.3 is 5.97 Å². The summed E-state index contributed by atoms with van der Waals surface area (Å²) < 4.78 is 0. The van der Waals surface area contributed by atoms with Crippen LogP contribution in [0.5, 0.6) is 0 Å². The average Bonchev–Trinajstić information content (AvgIpc) is 3.17. The number of carboxylic acids is 1. The molecule has 1 aliphatic rings. The van der Waals surface area contributed by atoms with Gasteiger partial charge in [0.05, 0.1) is 0 Å². The molecule has 1 aliphatic heterocycles. The van der Waals surface area contributed by atoms with Crippen molar-refractivity contribution in [1.29, 1.82) is 0 Å². The summed E-state index contributed by atoms with van der Waals surface area (Å²) >= 11 is 0. The Hall–Kier alpha value is -2.77. The predicted molar refractivity (Wildman–Crippen MR) is 75.6 cm³/mol. The monoisotopic (exact) mass is 301 g/mol. The standard InChI is InChI=1S/C14H15N5O3/c20-12(18-8-4-7-11(18)14(21)22)9-19-16-13(15-17-19)10-5-2-1-3-6-10/h1-3,5-6,11H,4,7-9H2,(H,21,22). The van der Waals surface area contributed by atoms with Gasteiger partial charge in [0.15, 0.2) is 0 Å². The number of hydrogen-bond acceptors (Lipinski definition) is 5. The van der Waals surface area contributed by atoms with Crippen LogP contribution in [0.3, 0.4) is 0 Å². The Morgan fingerprint density at radius 3 is 2.77 bits per heavy atom. The van der Waals surface area contributed by atoms with Crippen LogP contribution in [0.2, 0.25) is 0 Å². The zero-order valence-electron chi connectivity index (χ0n) is 11.8. The molecule has 2 aromatic rings. The summed E-state index contributed by atoms with van der Waals surface area (Å²) in [5, 5.41) is 21.0. The lowest BCUT2D eigenvalue weighted by Crippen LogP contribution is -2.42. The van der Waals surface area contributed by atoms with E-state index in [1.165, 1.54) is 9.70 Å². The van der Waals surface area contributed by atoms with Crippen LogP contribution in [0.15, 0.2) is 30.3 Å². The highest BCUT2D eigenvalue weighted by Crippen LogP contribution is 2.18. The summed E-state index contributed by atoms with van der Waals surface area (Å²) in [7, 11) is 0. The summed E-state index contributed by atoms with van der Waals surface area (Å²) in [6.07, 6.45) is 1.18. The highest BCUT2D eigenvalue weighted by Gasteiger charge is 2.34. The van der Waals surface area contributed by atoms with Crippen LogP contribution in [0, 0.1) is 0 Å². The number of carbonyl (C=O) groups is 2. The maximum Gasteiger partial charge on any atom is 0.326 e. The van der Waals surface area contributed by atoms with E-state index in [-0.39, 0.29) is 12.5 Å². The number of carbonyl (C=O) groups excluding carboxylic acids is 1. The van der Waals surface area contributed by atoms with E-state index in [2.05, 4.69) is 15.4 Å². The van der Waals surface area contributed by atoms with Crippen molar-refractivity contribution in [3.8, 4) is 11.4 Å². The molecule has 2 heterocycles. The molecule has 1 aromatic carbocycles. The van der Waals surface area contributed by atoms with Crippen molar-refractivity contribution in [2.45, 2.75) is 25.4 Å². The van der Waals surface area contributed by atoms with Gasteiger partial charge < -0.3 is 10.0 Å². The Morgan fingerprint density at radius 2 is 2.05 bits per heavy atom. The van der Waals surface area contributed by atoms with Crippen LogP contribution in [-0.4, -0.2) is 54.7 Å². The Labute approximate surface area is 126 Å². The largest absolute Gasteiger partial charge is 0.480 e. The molecule has 1 atom stereocenters. The van der Waals surface area contributed by atoms with Crippen LogP contribution in [0.4, 0.5) is 0 Å². The Bertz CT molecular complexity index is 685. The quantitative estimate of drug-likeness (QED) is 0.878. The van der Waals surface area contributed by atoms with Crippen LogP contribution in [0.1, 0.15) is 12.8 Å². The number of benzene rings is 1. The first kappa shape index (κ1) is 14.2. The Kier molecular flexibility index (Phi) is 3.82. The second kappa shape index (κ2) is 5.92. The van der Waals surface area contributed by atoms with Gasteiger partial charge in [0.2, 0.25) is 11.7 Å². The molecule has 3 rings (SSSR count). The molecule has 0 bridgehead atoms. The van der Waals surface area contributed by atoms with Crippen molar-refractivity contribution in [3.63, 3.8) is 0 Å². The van der Waals surface area contributed by atoms with E-state index in [9.17, 15) is 9.59 Å². The van der Waals surface area contributed by atoms with Gasteiger partial charge in [-0.2, -0.15) is 4.80 Å². The number of likely N-dealkylation sites (tertiary alicyclic amines) is 1. The molecule has 1 N–H and O–H groups in total. The third kappa shape index (κ3) is 2.80. The van der Waals surface area contributed by atoms with Crippen molar-refractivity contribution in [2.75, 3.05) is 6.54 Å². The van der Waals surface area contributed by atoms with Crippen LogP contribution < -0.4 is 0 Å². The minimum atomic E-state index is -0.970. The van der Waals surface area contributed by atoms with E-state index < -0.39 is 12.0 Å². The first-order chi connectivity index (χ1) is 10.6. The number of aliphatic carboxylic acids is 1. The fourth-order valence-electron chi connectivity index (χ4n) is 2.55. The lowest BCUT2D eigenvalue weighted by atomic mass is 10.2. The number of amides is 1. The summed E-state index contributed by atoms with van der Waals surface area (Å²) in [4.78, 5) is 25.9. The topological polar surface area (TPSA) is 101 Å². The number of hydrogen-bond donors (Lipinski definition) is 1. The third-order valence-electron chi connectivity index (χ3n) is 3.62. The summed E-state index contributed by atoms with van der Waals surface area (Å²) in [5.41, 5.74) is 0.811. The normalized spacial score (nSPS) is 17.6. The minimum absolute atomic E-state index is 0.108. The lowest BCUT2D eigenvalue weighted by Gasteiger charge is -2.20. The second-order valence-electron chi connectivity index (χ2n) is 5.09. The smallest absolute Gasteiger partial charge is 0.326 e. The molecule has 22 heavy (non-hydrogen) atoms. The number of nitrogens with zero attached hydrogens (tertiary/aromatic N) is 5. The zero-order chi connectivity index (χ0) is 15.5. The van der Waals surface area contributed by atoms with E-state index in [1.807, 2.05) is 30.3 Å². The van der Waals surface area contributed by atoms with Gasteiger partial charge in [-0.1, -0.05) is 30.3 Å². The van der Waals surface area contributed by atoms with E-state index in [1.54, 1.807) is 0 Å². The first-order valence-electron chi connectivity index (χ1n) is 7.00. The van der Waals surface area contributed by atoms with Crippen molar-refractivity contribution in [2.24, 2.45) is 0 Å². The zero-order valence-corrected chi connectivity index (χ0v) is 11.8. The molecular weight excluding hydrogens is 286 g/mol. The molecule has 1 unspecified atom stereocenters. The first-order valence-corrected chi connectivity index (χ1v) is 7.00. The molecule has 8 heteroatoms. The summed E-state index contributed by atoms with van der Waals surface area (Å²) in [6.45, 7) is 0.347. The SMILES string of the molecule is O=C(O)C1CCCN1C(=O)Cn1nnc(-c2ccccc2)n1. The number of tetrazole rings is 1. The van der Waals surface area contributed by atoms with Gasteiger partial charge in [-0.05, 0) is 18.1 Å². The van der Waals surface area contributed by atoms with Gasteiger partial charge in [-0.3, -0.25) is 4.79 Å². The Balaban J connectivity index is 1.70. The molecule has 1 aromatic heterocycles. The predicted octanol–water partition coefficient (Wildman–Crippen LogP) is 0.416. The maximum atomic E-state index is 12.2. The highest BCUT2D eigenvalue weighted by molar-refractivity contribution is 5.84. The van der Waals surface area contributed by atoms with E-state index in [4.69, 9.17) is 5.11 Å². The molecule has 0 saturated carbocycles. The molecule has 1 fully saturated rings. The molecule has 0 spiro atoms. The fourth-order valence-corrected chi connectivity index (χ4v) is 2.55. The van der Waals surface area contributed by atoms with Crippen LogP contribution in [-0.2, 0) is 16.1 Å². The van der Waals surface area contributed by atoms with Crippen LogP contribution in [0.25, 0.3) is 11.4 Å². The summed E-state index contributed by atoms with van der Waals surface area (Å²) in [5.74, 6) is -0.839. The Morgan fingerprint density at radius 1 is 1.27 bits per heavy atom. The third-order valence-corrected chi connectivity index (χ3v) is 3.62. The fraction of sp³-hybridized carbons (Fsp3) is 0.357. The van der Waals surface area contributed by atoms with Gasteiger partial charge in [-0.25, -0.2) is 4.79 Å². The minimum Gasteiger partial charge on any atom is -0.480 e. The molecule has 1 saturated heterocycles. The lowest BCUT2D eigenvalue weighted by molar-refractivity contribution is -0.148. The van der Waals surface area contributed by atoms with E-state index in [0.29, 0.717) is 25.2 Å². The number of aromatic nitrogens is 4. The molecule has 114 valence electrons. The van der Waals surface area contributed by atoms with Gasteiger partial charge in [-0.15, -0.1) is 10.2 Å². The molecule has 1 amide bonds. The van der Waals surface area contributed by atoms with Crippen LogP contribution >= 0.6 is 0 Å². The summed E-state index contributed by atoms with van der Waals surface area (Å²) in [6, 6.07) is 8.57. The van der Waals surface area contributed by atoms with E-state index >= 15 is 0 Å². The highest BCUT2D eigenvalue weighted by atomic mass is 16.4. The molecular formula is C14H15N5O3. The maximum absolute atomic E-state index is 12.2. The molecule has 0 aliphatic carbocycles. The van der Waals surface area contributed by atoms with Crippen molar-refractivity contribution < 1.29 is 14.7 Å².